The van der Waals surface area contributed by atoms with Gasteiger partial charge >= 0.3 is 5.97 Å². The molecule has 6 heteroatoms. The number of aryl methyl sites for hydroxylation is 1. The van der Waals surface area contributed by atoms with Crippen LogP contribution in [0.4, 0.5) is 0 Å². The van der Waals surface area contributed by atoms with E-state index >= 15 is 0 Å². The van der Waals surface area contributed by atoms with Gasteiger partial charge in [-0.25, -0.2) is 4.79 Å². The first kappa shape index (κ1) is 23.6. The van der Waals surface area contributed by atoms with Gasteiger partial charge in [0.1, 0.15) is 5.69 Å². The third-order valence-corrected chi connectivity index (χ3v) is 7.11. The number of nitrogens with zero attached hydrogens (tertiary/aromatic N) is 3. The highest BCUT2D eigenvalue weighted by Gasteiger charge is 2.23. The molecule has 0 amide bonds. The molecule has 4 aromatic rings. The van der Waals surface area contributed by atoms with E-state index in [9.17, 15) is 4.79 Å². The van der Waals surface area contributed by atoms with E-state index in [2.05, 4.69) is 33.7 Å². The van der Waals surface area contributed by atoms with E-state index in [0.29, 0.717) is 12.3 Å². The predicted octanol–water partition coefficient (Wildman–Crippen LogP) is 6.60. The summed E-state index contributed by atoms with van der Waals surface area (Å²) in [5, 5.41) is 1.78. The fraction of sp³-hybridized carbons (Fsp3) is 0.310. The van der Waals surface area contributed by atoms with Gasteiger partial charge in [0.05, 0.1) is 12.3 Å². The molecule has 0 saturated carbocycles. The van der Waals surface area contributed by atoms with E-state index in [4.69, 9.17) is 21.3 Å². The van der Waals surface area contributed by atoms with Crippen molar-refractivity contribution in [2.45, 2.75) is 33.2 Å². The molecule has 2 aromatic carbocycles. The number of aromatic nitrogens is 2. The van der Waals surface area contributed by atoms with Gasteiger partial charge in [-0.2, -0.15) is 0 Å². The van der Waals surface area contributed by atoms with E-state index in [1.165, 1.54) is 12.8 Å². The topological polar surface area (TPSA) is 47.4 Å². The first-order valence-corrected chi connectivity index (χ1v) is 12.7. The van der Waals surface area contributed by atoms with Crippen LogP contribution in [0, 0.1) is 6.92 Å². The van der Waals surface area contributed by atoms with Gasteiger partial charge in [0.2, 0.25) is 0 Å². The Kier molecular flexibility index (Phi) is 6.89. The first-order chi connectivity index (χ1) is 17.0. The molecule has 0 unspecified atom stereocenters. The molecule has 1 saturated heterocycles. The summed E-state index contributed by atoms with van der Waals surface area (Å²) in [6.45, 7) is 8.20. The van der Waals surface area contributed by atoms with Crippen LogP contribution in [0.15, 0.2) is 60.8 Å². The van der Waals surface area contributed by atoms with Gasteiger partial charge in [0, 0.05) is 46.3 Å². The average molecular weight is 488 g/mol. The fourth-order valence-corrected chi connectivity index (χ4v) is 5.13. The summed E-state index contributed by atoms with van der Waals surface area (Å²) in [5.41, 5.74) is 6.71. The molecule has 5 nitrogen and oxygen atoms in total. The first-order valence-electron chi connectivity index (χ1n) is 12.3. The number of benzene rings is 2. The van der Waals surface area contributed by atoms with Crippen molar-refractivity contribution in [3.05, 3.63) is 77.1 Å². The van der Waals surface area contributed by atoms with Crippen molar-refractivity contribution in [3.63, 3.8) is 0 Å². The molecule has 0 radical (unpaired) electrons. The maximum atomic E-state index is 12.9. The number of pyridine rings is 1. The number of fused-ring (bicyclic) bond motifs is 1. The number of carbonyl (C=O) groups is 1. The molecule has 0 aliphatic carbocycles. The second-order valence-electron chi connectivity index (χ2n) is 9.07. The minimum Gasteiger partial charge on any atom is -0.461 e. The monoisotopic (exact) mass is 487 g/mol. The number of likely N-dealkylation sites (tertiary alicyclic amines) is 1. The molecule has 3 heterocycles. The van der Waals surface area contributed by atoms with Crippen molar-refractivity contribution in [2.75, 3.05) is 26.2 Å². The number of hydrogen-bond acceptors (Lipinski definition) is 4. The molecule has 0 spiro atoms. The normalized spacial score (nSPS) is 14.0. The van der Waals surface area contributed by atoms with Crippen LogP contribution in [-0.4, -0.2) is 46.7 Å². The Morgan fingerprint density at radius 2 is 1.69 bits per heavy atom. The van der Waals surface area contributed by atoms with Crippen molar-refractivity contribution in [2.24, 2.45) is 0 Å². The second-order valence-corrected chi connectivity index (χ2v) is 9.50. The highest BCUT2D eigenvalue weighted by molar-refractivity contribution is 6.30. The summed E-state index contributed by atoms with van der Waals surface area (Å²) in [6.07, 6.45) is 4.40. The van der Waals surface area contributed by atoms with Gasteiger partial charge in [-0.3, -0.25) is 4.98 Å². The Morgan fingerprint density at radius 1 is 0.971 bits per heavy atom. The molecule has 0 N–H and O–H groups in total. The second kappa shape index (κ2) is 10.2. The molecule has 0 bridgehead atoms. The fourth-order valence-electron chi connectivity index (χ4n) is 5.00. The number of halogens is 1. The van der Waals surface area contributed by atoms with E-state index in [1.54, 1.807) is 0 Å². The minimum absolute atomic E-state index is 0.255. The third-order valence-electron chi connectivity index (χ3n) is 6.86. The maximum Gasteiger partial charge on any atom is 0.355 e. The zero-order chi connectivity index (χ0) is 24.4. The van der Waals surface area contributed by atoms with Crippen LogP contribution in [0.3, 0.4) is 0 Å². The van der Waals surface area contributed by atoms with Crippen LogP contribution in [-0.2, 0) is 11.3 Å². The summed E-state index contributed by atoms with van der Waals surface area (Å²) in [4.78, 5) is 20.1. The van der Waals surface area contributed by atoms with Crippen molar-refractivity contribution >= 4 is 28.5 Å². The highest BCUT2D eigenvalue weighted by Crippen LogP contribution is 2.31. The summed E-state index contributed by atoms with van der Waals surface area (Å²) >= 11 is 6.02. The summed E-state index contributed by atoms with van der Waals surface area (Å²) in [5.74, 6) is -0.255. The Balaban J connectivity index is 1.49. The number of carbonyl (C=O) groups excluding carboxylic acids is 1. The molecule has 180 valence electrons. The van der Waals surface area contributed by atoms with E-state index in [0.717, 1.165) is 70.1 Å². The largest absolute Gasteiger partial charge is 0.461 e. The molecule has 35 heavy (non-hydrogen) atoms. The number of rotatable bonds is 7. The molecule has 2 aromatic heterocycles. The zero-order valence-corrected chi connectivity index (χ0v) is 21.0. The lowest BCUT2D eigenvalue weighted by atomic mass is 10.0. The van der Waals surface area contributed by atoms with Gasteiger partial charge in [0.15, 0.2) is 0 Å². The van der Waals surface area contributed by atoms with Crippen molar-refractivity contribution in [1.82, 2.24) is 14.5 Å². The number of ether oxygens (including phenoxy) is 1. The van der Waals surface area contributed by atoms with Gasteiger partial charge in [-0.05, 0) is 81.2 Å². The van der Waals surface area contributed by atoms with Crippen molar-refractivity contribution in [1.29, 1.82) is 0 Å². The Labute approximate surface area is 211 Å². The molecular formula is C29H30ClN3O2. The molecule has 1 aliphatic heterocycles. The van der Waals surface area contributed by atoms with Gasteiger partial charge in [0.25, 0.3) is 0 Å². The number of hydrogen-bond donors (Lipinski definition) is 0. The maximum absolute atomic E-state index is 12.9. The van der Waals surface area contributed by atoms with Crippen LogP contribution >= 0.6 is 11.6 Å². The highest BCUT2D eigenvalue weighted by atomic mass is 35.5. The van der Waals surface area contributed by atoms with E-state index in [1.807, 2.05) is 50.4 Å². The Bertz CT molecular complexity index is 1340. The molecule has 1 aliphatic rings. The number of esters is 1. The minimum atomic E-state index is -0.255. The molecule has 1 fully saturated rings. The standard InChI is InChI=1S/C29H30ClN3O2/c1-3-35-29(34)28-20(2)25-18-22(9-13-27(25)33(28)17-16-32-14-4-5-15-32)26-12-8-23(19-31-26)21-6-10-24(30)11-7-21/h6-13,18-19H,3-5,14-17H2,1-2H3. The van der Waals surface area contributed by atoms with Crippen LogP contribution in [0.2, 0.25) is 5.02 Å². The lowest BCUT2D eigenvalue weighted by Gasteiger charge is -2.17. The van der Waals surface area contributed by atoms with Gasteiger partial charge in [-0.15, -0.1) is 0 Å². The average Bonchev–Trinajstić information content (AvgIpc) is 3.49. The van der Waals surface area contributed by atoms with Crippen LogP contribution in [0.25, 0.3) is 33.3 Å². The lowest BCUT2D eigenvalue weighted by Crippen LogP contribution is -2.25. The van der Waals surface area contributed by atoms with Crippen LogP contribution in [0.1, 0.15) is 35.8 Å². The van der Waals surface area contributed by atoms with Gasteiger partial charge in [-0.1, -0.05) is 35.9 Å². The summed E-state index contributed by atoms with van der Waals surface area (Å²) in [6, 6.07) is 18.2. The predicted molar refractivity (Wildman–Crippen MR) is 142 cm³/mol. The molecular weight excluding hydrogens is 458 g/mol. The summed E-state index contributed by atoms with van der Waals surface area (Å²) in [7, 11) is 0. The van der Waals surface area contributed by atoms with Crippen LogP contribution < -0.4 is 0 Å². The third kappa shape index (κ3) is 4.84. The van der Waals surface area contributed by atoms with Crippen LogP contribution in [0.5, 0.6) is 0 Å². The molecule has 5 rings (SSSR count). The lowest BCUT2D eigenvalue weighted by molar-refractivity contribution is 0.0513. The Hall–Kier alpha value is -3.15. The van der Waals surface area contributed by atoms with Crippen molar-refractivity contribution in [3.8, 4) is 22.4 Å². The Morgan fingerprint density at radius 3 is 2.37 bits per heavy atom. The zero-order valence-electron chi connectivity index (χ0n) is 20.3. The van der Waals surface area contributed by atoms with Crippen molar-refractivity contribution < 1.29 is 9.53 Å². The van der Waals surface area contributed by atoms with E-state index in [-0.39, 0.29) is 5.97 Å². The quantitative estimate of drug-likeness (QED) is 0.275. The molecule has 0 atom stereocenters. The summed E-state index contributed by atoms with van der Waals surface area (Å²) < 4.78 is 7.57. The SMILES string of the molecule is CCOC(=O)c1c(C)c2cc(-c3ccc(-c4ccc(Cl)cc4)cn3)ccc2n1CCN1CCCC1. The van der Waals surface area contributed by atoms with E-state index < -0.39 is 0 Å². The smallest absolute Gasteiger partial charge is 0.355 e. The van der Waals surface area contributed by atoms with Gasteiger partial charge < -0.3 is 14.2 Å².